The molecule has 0 aliphatic carbocycles. The van der Waals surface area contributed by atoms with Crippen molar-refractivity contribution in [2.45, 2.75) is 10.6 Å². The van der Waals surface area contributed by atoms with Crippen LogP contribution in [0.2, 0.25) is 5.15 Å². The highest BCUT2D eigenvalue weighted by atomic mass is 35.5. The minimum absolute atomic E-state index is 0.535. The van der Waals surface area contributed by atoms with E-state index in [1.165, 1.54) is 10.5 Å². The van der Waals surface area contributed by atoms with Crippen LogP contribution >= 0.6 is 23.4 Å². The zero-order valence-electron chi connectivity index (χ0n) is 7.93. The lowest BCUT2D eigenvalue weighted by molar-refractivity contribution is 1.23. The molecule has 2 aromatic rings. The Balaban J connectivity index is 1.96. The van der Waals surface area contributed by atoms with Crippen molar-refractivity contribution >= 4 is 23.4 Å². The van der Waals surface area contributed by atoms with Crippen molar-refractivity contribution in [2.75, 3.05) is 0 Å². The molecule has 0 aromatic carbocycles. The quantitative estimate of drug-likeness (QED) is 0.603. The fraction of sp³-hybridized carbons (Fsp3) is 0.0909. The predicted molar refractivity (Wildman–Crippen MR) is 63.0 cm³/mol. The normalized spacial score (nSPS) is 10.2. The Kier molecular flexibility index (Phi) is 3.59. The van der Waals surface area contributed by atoms with Crippen LogP contribution in [-0.2, 0) is 5.75 Å². The molecule has 0 atom stereocenters. The standard InChI is InChI=1S/C11H9ClN2S/c12-11-2-1-9(7-14-11)8-15-10-3-5-13-6-4-10/h1-7H,8H2. The molecule has 0 aliphatic heterocycles. The summed E-state index contributed by atoms with van der Waals surface area (Å²) >= 11 is 7.46. The Morgan fingerprint density at radius 2 is 1.93 bits per heavy atom. The summed E-state index contributed by atoms with van der Waals surface area (Å²) in [5.41, 5.74) is 1.17. The maximum Gasteiger partial charge on any atom is 0.129 e. The van der Waals surface area contributed by atoms with Gasteiger partial charge >= 0.3 is 0 Å². The lowest BCUT2D eigenvalue weighted by Crippen LogP contribution is -1.83. The Morgan fingerprint density at radius 3 is 2.60 bits per heavy atom. The van der Waals surface area contributed by atoms with Gasteiger partial charge in [-0.25, -0.2) is 4.98 Å². The largest absolute Gasteiger partial charge is 0.265 e. The van der Waals surface area contributed by atoms with Crippen LogP contribution in [0.15, 0.2) is 47.8 Å². The van der Waals surface area contributed by atoms with E-state index in [-0.39, 0.29) is 0 Å². The average molecular weight is 237 g/mol. The molecular formula is C11H9ClN2S. The van der Waals surface area contributed by atoms with Crippen molar-refractivity contribution in [2.24, 2.45) is 0 Å². The van der Waals surface area contributed by atoms with Gasteiger partial charge in [0.05, 0.1) is 0 Å². The number of hydrogen-bond acceptors (Lipinski definition) is 3. The summed E-state index contributed by atoms with van der Waals surface area (Å²) in [6.07, 6.45) is 5.39. The van der Waals surface area contributed by atoms with Crippen LogP contribution in [0.5, 0.6) is 0 Å². The molecule has 4 heteroatoms. The van der Waals surface area contributed by atoms with Gasteiger partial charge in [0.25, 0.3) is 0 Å². The highest BCUT2D eigenvalue weighted by Crippen LogP contribution is 2.21. The van der Waals surface area contributed by atoms with E-state index in [2.05, 4.69) is 9.97 Å². The Labute approximate surface area is 97.7 Å². The summed E-state index contributed by atoms with van der Waals surface area (Å²) in [7, 11) is 0. The molecule has 76 valence electrons. The number of thioether (sulfide) groups is 1. The first kappa shape index (κ1) is 10.5. The third-order valence-corrected chi connectivity index (χ3v) is 3.15. The summed E-state index contributed by atoms with van der Waals surface area (Å²) < 4.78 is 0. The van der Waals surface area contributed by atoms with E-state index in [0.29, 0.717) is 5.15 Å². The van der Waals surface area contributed by atoms with Gasteiger partial charge in [0, 0.05) is 29.2 Å². The monoisotopic (exact) mass is 236 g/mol. The van der Waals surface area contributed by atoms with E-state index in [1.54, 1.807) is 30.4 Å². The molecule has 0 aliphatic rings. The summed E-state index contributed by atoms with van der Waals surface area (Å²) in [5, 5.41) is 0.535. The van der Waals surface area contributed by atoms with Crippen LogP contribution in [0.25, 0.3) is 0 Å². The van der Waals surface area contributed by atoms with Crippen molar-refractivity contribution in [3.05, 3.63) is 53.6 Å². The van der Waals surface area contributed by atoms with Crippen LogP contribution in [-0.4, -0.2) is 9.97 Å². The van der Waals surface area contributed by atoms with Crippen LogP contribution < -0.4 is 0 Å². The number of pyridine rings is 2. The minimum Gasteiger partial charge on any atom is -0.265 e. The van der Waals surface area contributed by atoms with E-state index in [9.17, 15) is 0 Å². The summed E-state index contributed by atoms with van der Waals surface area (Å²) in [6.45, 7) is 0. The molecule has 2 nitrogen and oxygen atoms in total. The first-order valence-corrected chi connectivity index (χ1v) is 5.84. The molecule has 0 radical (unpaired) electrons. The minimum atomic E-state index is 0.535. The molecule has 0 fully saturated rings. The molecule has 0 N–H and O–H groups in total. The highest BCUT2D eigenvalue weighted by Gasteiger charge is 1.96. The SMILES string of the molecule is Clc1ccc(CSc2ccncc2)cn1. The fourth-order valence-electron chi connectivity index (χ4n) is 1.09. The van der Waals surface area contributed by atoms with Gasteiger partial charge in [-0.2, -0.15) is 0 Å². The molecule has 0 amide bonds. The van der Waals surface area contributed by atoms with Crippen molar-refractivity contribution in [1.29, 1.82) is 0 Å². The van der Waals surface area contributed by atoms with Crippen LogP contribution in [0.3, 0.4) is 0 Å². The molecule has 2 heterocycles. The van der Waals surface area contributed by atoms with E-state index < -0.39 is 0 Å². The second kappa shape index (κ2) is 5.14. The van der Waals surface area contributed by atoms with Gasteiger partial charge in [-0.15, -0.1) is 11.8 Å². The van der Waals surface area contributed by atoms with Crippen molar-refractivity contribution in [3.8, 4) is 0 Å². The summed E-state index contributed by atoms with van der Waals surface area (Å²) in [6, 6.07) is 7.79. The number of halogens is 1. The zero-order chi connectivity index (χ0) is 10.5. The number of hydrogen-bond donors (Lipinski definition) is 0. The van der Waals surface area contributed by atoms with Gasteiger partial charge in [-0.3, -0.25) is 4.98 Å². The molecule has 0 spiro atoms. The average Bonchev–Trinajstić information content (AvgIpc) is 2.30. The maximum absolute atomic E-state index is 5.70. The van der Waals surface area contributed by atoms with Gasteiger partial charge in [0.1, 0.15) is 5.15 Å². The number of rotatable bonds is 3. The lowest BCUT2D eigenvalue weighted by Gasteiger charge is -2.00. The molecule has 2 aromatic heterocycles. The molecular weight excluding hydrogens is 228 g/mol. The van der Waals surface area contributed by atoms with Gasteiger partial charge in [-0.05, 0) is 23.8 Å². The second-order valence-electron chi connectivity index (χ2n) is 2.96. The van der Waals surface area contributed by atoms with Crippen LogP contribution in [0, 0.1) is 0 Å². The Bertz CT molecular complexity index is 416. The zero-order valence-corrected chi connectivity index (χ0v) is 9.50. The fourth-order valence-corrected chi connectivity index (χ4v) is 2.02. The molecule has 15 heavy (non-hydrogen) atoms. The van der Waals surface area contributed by atoms with Gasteiger partial charge in [0.15, 0.2) is 0 Å². The highest BCUT2D eigenvalue weighted by molar-refractivity contribution is 7.98. The van der Waals surface area contributed by atoms with Gasteiger partial charge in [-0.1, -0.05) is 17.7 Å². The second-order valence-corrected chi connectivity index (χ2v) is 4.40. The van der Waals surface area contributed by atoms with E-state index in [4.69, 9.17) is 11.6 Å². The number of aromatic nitrogens is 2. The summed E-state index contributed by atoms with van der Waals surface area (Å²) in [4.78, 5) is 9.21. The maximum atomic E-state index is 5.70. The Morgan fingerprint density at radius 1 is 1.13 bits per heavy atom. The Hall–Kier alpha value is -1.06. The first-order valence-electron chi connectivity index (χ1n) is 4.48. The van der Waals surface area contributed by atoms with Crippen molar-refractivity contribution in [3.63, 3.8) is 0 Å². The molecule has 2 rings (SSSR count). The third-order valence-electron chi connectivity index (χ3n) is 1.84. The molecule has 0 saturated carbocycles. The van der Waals surface area contributed by atoms with Crippen molar-refractivity contribution < 1.29 is 0 Å². The van der Waals surface area contributed by atoms with E-state index in [0.717, 1.165) is 5.75 Å². The molecule has 0 unspecified atom stereocenters. The van der Waals surface area contributed by atoms with E-state index in [1.807, 2.05) is 24.3 Å². The topological polar surface area (TPSA) is 25.8 Å². The predicted octanol–water partition coefficient (Wildman–Crippen LogP) is 3.42. The van der Waals surface area contributed by atoms with Gasteiger partial charge in [0.2, 0.25) is 0 Å². The number of nitrogens with zero attached hydrogens (tertiary/aromatic N) is 2. The molecule has 0 saturated heterocycles. The van der Waals surface area contributed by atoms with Crippen LogP contribution in [0.1, 0.15) is 5.56 Å². The lowest BCUT2D eigenvalue weighted by atomic mass is 10.3. The first-order chi connectivity index (χ1) is 7.34. The third kappa shape index (κ3) is 3.22. The van der Waals surface area contributed by atoms with Gasteiger partial charge < -0.3 is 0 Å². The van der Waals surface area contributed by atoms with E-state index >= 15 is 0 Å². The molecule has 0 bridgehead atoms. The van der Waals surface area contributed by atoms with Crippen LogP contribution in [0.4, 0.5) is 0 Å². The smallest absolute Gasteiger partial charge is 0.129 e. The summed E-state index contributed by atoms with van der Waals surface area (Å²) in [5.74, 6) is 0.897. The van der Waals surface area contributed by atoms with Crippen molar-refractivity contribution in [1.82, 2.24) is 9.97 Å².